The maximum atomic E-state index is 12.5. The molecular formula is C27H26BrN3O6. The Kier molecular flexibility index (Phi) is 10.2. The van der Waals surface area contributed by atoms with Crippen LogP contribution >= 0.6 is 15.9 Å². The average Bonchev–Trinajstić information content (AvgIpc) is 2.92. The molecule has 0 aliphatic rings. The number of methoxy groups -OCH3 is 1. The van der Waals surface area contributed by atoms with Crippen LogP contribution in [0.3, 0.4) is 0 Å². The smallest absolute Gasteiger partial charge is 0.343 e. The first-order chi connectivity index (χ1) is 17.9. The number of nitrogens with zero attached hydrogens (tertiary/aromatic N) is 1. The lowest BCUT2D eigenvalue weighted by molar-refractivity contribution is -0.120. The third kappa shape index (κ3) is 8.46. The molecule has 3 aromatic rings. The molecule has 0 unspecified atom stereocenters. The molecule has 0 aromatic heterocycles. The number of halogens is 1. The number of hydrogen-bond acceptors (Lipinski definition) is 7. The van der Waals surface area contributed by atoms with Gasteiger partial charge in [0.2, 0.25) is 0 Å². The average molecular weight is 568 g/mol. The van der Waals surface area contributed by atoms with E-state index in [0.717, 1.165) is 10.9 Å². The van der Waals surface area contributed by atoms with Gasteiger partial charge in [-0.15, -0.1) is 0 Å². The normalized spacial score (nSPS) is 10.6. The van der Waals surface area contributed by atoms with Gasteiger partial charge in [0, 0.05) is 15.6 Å². The molecule has 0 fully saturated rings. The van der Waals surface area contributed by atoms with E-state index in [9.17, 15) is 14.4 Å². The summed E-state index contributed by atoms with van der Waals surface area (Å²) in [6.07, 6.45) is 2.23. The molecule has 2 amide bonds. The van der Waals surface area contributed by atoms with Gasteiger partial charge < -0.3 is 19.5 Å². The van der Waals surface area contributed by atoms with Crippen LogP contribution in [-0.2, 0) is 4.79 Å². The molecule has 37 heavy (non-hydrogen) atoms. The van der Waals surface area contributed by atoms with E-state index in [1.807, 2.05) is 6.92 Å². The molecule has 0 aliphatic carbocycles. The summed E-state index contributed by atoms with van der Waals surface area (Å²) in [5, 5.41) is 6.45. The second kappa shape index (κ2) is 13.8. The van der Waals surface area contributed by atoms with Crippen LogP contribution in [0.5, 0.6) is 17.2 Å². The third-order valence-corrected chi connectivity index (χ3v) is 5.39. The minimum Gasteiger partial charge on any atom is -0.497 e. The number of rotatable bonds is 11. The zero-order valence-corrected chi connectivity index (χ0v) is 21.9. The van der Waals surface area contributed by atoms with Crippen molar-refractivity contribution >= 4 is 39.9 Å². The number of esters is 1. The number of carbonyl (C=O) groups excluding carboxylic acids is 3. The highest BCUT2D eigenvalue weighted by Gasteiger charge is 2.12. The SMILES string of the molecule is CCCOc1ccc(C(=O)NCC(=O)N/N=C/c2cc(Br)ccc2OC(=O)c2ccc(OC)cc2)cc1. The number of hydrogen-bond donors (Lipinski definition) is 2. The maximum Gasteiger partial charge on any atom is 0.343 e. The summed E-state index contributed by atoms with van der Waals surface area (Å²) in [5.41, 5.74) is 3.54. The molecule has 9 nitrogen and oxygen atoms in total. The zero-order chi connectivity index (χ0) is 26.6. The van der Waals surface area contributed by atoms with Gasteiger partial charge >= 0.3 is 5.97 Å². The van der Waals surface area contributed by atoms with Gasteiger partial charge in [-0.25, -0.2) is 10.2 Å². The molecule has 3 aromatic carbocycles. The van der Waals surface area contributed by atoms with E-state index in [-0.39, 0.29) is 12.3 Å². The molecule has 2 N–H and O–H groups in total. The molecule has 0 aliphatic heterocycles. The quantitative estimate of drug-likeness (QED) is 0.154. The van der Waals surface area contributed by atoms with Crippen molar-refractivity contribution in [2.75, 3.05) is 20.3 Å². The van der Waals surface area contributed by atoms with Crippen molar-refractivity contribution in [2.45, 2.75) is 13.3 Å². The van der Waals surface area contributed by atoms with Gasteiger partial charge in [0.05, 0.1) is 32.0 Å². The van der Waals surface area contributed by atoms with E-state index in [4.69, 9.17) is 14.2 Å². The number of amides is 2. The fraction of sp³-hybridized carbons (Fsp3) is 0.185. The van der Waals surface area contributed by atoms with E-state index >= 15 is 0 Å². The van der Waals surface area contributed by atoms with Gasteiger partial charge in [-0.3, -0.25) is 9.59 Å². The molecule has 0 saturated carbocycles. The van der Waals surface area contributed by atoms with Crippen LogP contribution in [0.2, 0.25) is 0 Å². The van der Waals surface area contributed by atoms with Crippen molar-refractivity contribution in [3.8, 4) is 17.2 Å². The maximum absolute atomic E-state index is 12.5. The summed E-state index contributed by atoms with van der Waals surface area (Å²) >= 11 is 3.37. The van der Waals surface area contributed by atoms with Crippen molar-refractivity contribution in [1.29, 1.82) is 0 Å². The van der Waals surface area contributed by atoms with Crippen molar-refractivity contribution in [2.24, 2.45) is 5.10 Å². The fourth-order valence-corrected chi connectivity index (χ4v) is 3.38. The van der Waals surface area contributed by atoms with E-state index < -0.39 is 17.8 Å². The zero-order valence-electron chi connectivity index (χ0n) is 20.3. The monoisotopic (exact) mass is 567 g/mol. The van der Waals surface area contributed by atoms with Crippen LogP contribution in [-0.4, -0.2) is 44.3 Å². The molecule has 192 valence electrons. The Morgan fingerprint density at radius 3 is 2.30 bits per heavy atom. The van der Waals surface area contributed by atoms with Gasteiger partial charge in [0.25, 0.3) is 11.8 Å². The van der Waals surface area contributed by atoms with E-state index in [2.05, 4.69) is 31.8 Å². The number of nitrogens with one attached hydrogen (secondary N) is 2. The lowest BCUT2D eigenvalue weighted by Crippen LogP contribution is -2.34. The minimum absolute atomic E-state index is 0.252. The first-order valence-corrected chi connectivity index (χ1v) is 12.2. The van der Waals surface area contributed by atoms with E-state index in [1.54, 1.807) is 66.7 Å². The van der Waals surface area contributed by atoms with Gasteiger partial charge in [0.1, 0.15) is 17.2 Å². The Balaban J connectivity index is 1.54. The second-order valence-corrected chi connectivity index (χ2v) is 8.56. The van der Waals surface area contributed by atoms with Crippen molar-refractivity contribution in [3.63, 3.8) is 0 Å². The number of benzene rings is 3. The Labute approximate surface area is 222 Å². The molecule has 3 rings (SSSR count). The second-order valence-electron chi connectivity index (χ2n) is 7.65. The molecule has 0 heterocycles. The van der Waals surface area contributed by atoms with E-state index in [1.165, 1.54) is 13.3 Å². The fourth-order valence-electron chi connectivity index (χ4n) is 3.00. The highest BCUT2D eigenvalue weighted by Crippen LogP contribution is 2.23. The Hall–Kier alpha value is -4.18. The summed E-state index contributed by atoms with van der Waals surface area (Å²) in [6, 6.07) is 18.2. The minimum atomic E-state index is -0.559. The van der Waals surface area contributed by atoms with Crippen LogP contribution in [0.4, 0.5) is 0 Å². The predicted octanol–water partition coefficient (Wildman–Crippen LogP) is 4.35. The molecule has 0 radical (unpaired) electrons. The molecule has 0 saturated heterocycles. The molecule has 0 spiro atoms. The Morgan fingerprint density at radius 1 is 0.946 bits per heavy atom. The molecule has 0 bridgehead atoms. The highest BCUT2D eigenvalue weighted by molar-refractivity contribution is 9.10. The van der Waals surface area contributed by atoms with Gasteiger partial charge in [0.15, 0.2) is 0 Å². The summed E-state index contributed by atoms with van der Waals surface area (Å²) in [5.74, 6) is 0.0557. The topological polar surface area (TPSA) is 115 Å². The van der Waals surface area contributed by atoms with Crippen LogP contribution < -0.4 is 25.0 Å². The van der Waals surface area contributed by atoms with Crippen molar-refractivity contribution < 1.29 is 28.6 Å². The number of ether oxygens (including phenoxy) is 3. The highest BCUT2D eigenvalue weighted by atomic mass is 79.9. The van der Waals surface area contributed by atoms with Crippen LogP contribution in [0.1, 0.15) is 39.6 Å². The Morgan fingerprint density at radius 2 is 1.62 bits per heavy atom. The van der Waals surface area contributed by atoms with Crippen LogP contribution in [0.15, 0.2) is 76.3 Å². The first-order valence-electron chi connectivity index (χ1n) is 11.4. The number of hydrazone groups is 1. The molecule has 10 heteroatoms. The standard InChI is InChI=1S/C27H26BrN3O6/c1-3-14-36-23-11-4-18(5-12-23)26(33)29-17-25(32)31-30-16-20-15-21(28)8-13-24(20)37-27(34)19-6-9-22(35-2)10-7-19/h4-13,15-16H,3,14,17H2,1-2H3,(H,29,33)(H,31,32)/b30-16+. The van der Waals surface area contributed by atoms with Crippen molar-refractivity contribution in [1.82, 2.24) is 10.7 Å². The number of carbonyl (C=O) groups is 3. The van der Waals surface area contributed by atoms with Gasteiger partial charge in [-0.2, -0.15) is 5.10 Å². The lowest BCUT2D eigenvalue weighted by Gasteiger charge is -2.09. The Bertz CT molecular complexity index is 1260. The molecule has 0 atom stereocenters. The lowest BCUT2D eigenvalue weighted by atomic mass is 10.2. The first kappa shape index (κ1) is 27.4. The van der Waals surface area contributed by atoms with Crippen molar-refractivity contribution in [3.05, 3.63) is 87.9 Å². The van der Waals surface area contributed by atoms with Gasteiger partial charge in [-0.1, -0.05) is 22.9 Å². The van der Waals surface area contributed by atoms with E-state index in [0.29, 0.717) is 34.8 Å². The third-order valence-electron chi connectivity index (χ3n) is 4.89. The summed E-state index contributed by atoms with van der Waals surface area (Å²) in [6.45, 7) is 2.33. The summed E-state index contributed by atoms with van der Waals surface area (Å²) < 4.78 is 16.8. The van der Waals surface area contributed by atoms with Crippen LogP contribution in [0, 0.1) is 0 Å². The largest absolute Gasteiger partial charge is 0.497 e. The summed E-state index contributed by atoms with van der Waals surface area (Å²) in [4.78, 5) is 36.9. The molecular weight excluding hydrogens is 542 g/mol. The van der Waals surface area contributed by atoms with Crippen LogP contribution in [0.25, 0.3) is 0 Å². The predicted molar refractivity (Wildman–Crippen MR) is 142 cm³/mol. The van der Waals surface area contributed by atoms with Gasteiger partial charge in [-0.05, 0) is 73.2 Å². The summed E-state index contributed by atoms with van der Waals surface area (Å²) in [7, 11) is 1.54.